The molecule has 7 nitrogen and oxygen atoms in total. The van der Waals surface area contributed by atoms with Crippen molar-refractivity contribution in [2.75, 3.05) is 19.8 Å². The quantitative estimate of drug-likeness (QED) is 0.429. The van der Waals surface area contributed by atoms with E-state index in [-0.39, 0.29) is 35.7 Å². The summed E-state index contributed by atoms with van der Waals surface area (Å²) in [4.78, 5) is 46.0. The van der Waals surface area contributed by atoms with Gasteiger partial charge in [-0.25, -0.2) is 0 Å². The standard InChI is InChI=1S/C31H40N2O5S/c1-29(2,3)19-30(4,5)32-15-10-14-31-24(23-22(39-31)13-9-16-38-28(23)37)26(35)33(25(31)27(32)36)21(18-34)17-20-11-7-6-8-12-20/h6-14,21-25,34H,15-19H2,1-5H3/t21-,22+,23-,24+,25?,31+/m1/s1. The van der Waals surface area contributed by atoms with Gasteiger partial charge in [-0.3, -0.25) is 14.4 Å². The van der Waals surface area contributed by atoms with Crippen LogP contribution in [0.4, 0.5) is 0 Å². The molecule has 1 aromatic carbocycles. The minimum Gasteiger partial charge on any atom is -0.461 e. The molecule has 4 aliphatic heterocycles. The molecular weight excluding hydrogens is 512 g/mol. The second-order valence-electron chi connectivity index (χ2n) is 13.1. The number of hydrogen-bond acceptors (Lipinski definition) is 6. The molecule has 39 heavy (non-hydrogen) atoms. The average molecular weight is 553 g/mol. The molecule has 2 amide bonds. The monoisotopic (exact) mass is 552 g/mol. The van der Waals surface area contributed by atoms with Crippen molar-refractivity contribution in [3.05, 3.63) is 60.2 Å². The Hall–Kier alpha value is -2.58. The predicted octanol–water partition coefficient (Wildman–Crippen LogP) is 3.61. The summed E-state index contributed by atoms with van der Waals surface area (Å²) in [5.74, 6) is -2.21. The van der Waals surface area contributed by atoms with E-state index >= 15 is 0 Å². The van der Waals surface area contributed by atoms with Crippen molar-refractivity contribution in [3.63, 3.8) is 0 Å². The highest BCUT2D eigenvalue weighted by molar-refractivity contribution is 8.02. The van der Waals surface area contributed by atoms with Gasteiger partial charge < -0.3 is 19.6 Å². The summed E-state index contributed by atoms with van der Waals surface area (Å²) in [6, 6.07) is 8.26. The second-order valence-corrected chi connectivity index (χ2v) is 14.6. The maximum atomic E-state index is 14.7. The van der Waals surface area contributed by atoms with Crippen LogP contribution in [0.2, 0.25) is 0 Å². The van der Waals surface area contributed by atoms with E-state index in [0.29, 0.717) is 13.0 Å². The number of ether oxygens (including phenoxy) is 1. The van der Waals surface area contributed by atoms with Crippen molar-refractivity contribution in [1.29, 1.82) is 0 Å². The first-order valence-corrected chi connectivity index (χ1v) is 14.7. The van der Waals surface area contributed by atoms with Crippen LogP contribution in [0.5, 0.6) is 0 Å². The molecule has 1 unspecified atom stereocenters. The molecule has 8 heteroatoms. The molecule has 210 valence electrons. The van der Waals surface area contributed by atoms with Gasteiger partial charge in [0.25, 0.3) is 0 Å². The van der Waals surface area contributed by atoms with Crippen molar-refractivity contribution in [3.8, 4) is 0 Å². The number of rotatable bonds is 6. The van der Waals surface area contributed by atoms with Crippen LogP contribution in [0.3, 0.4) is 0 Å². The summed E-state index contributed by atoms with van der Waals surface area (Å²) in [5, 5.41) is 10.4. The molecule has 0 aromatic heterocycles. The van der Waals surface area contributed by atoms with E-state index in [2.05, 4.69) is 34.6 Å². The van der Waals surface area contributed by atoms with Gasteiger partial charge in [-0.2, -0.15) is 0 Å². The Morgan fingerprint density at radius 2 is 1.79 bits per heavy atom. The molecular formula is C31H40N2O5S. The van der Waals surface area contributed by atoms with E-state index in [1.165, 1.54) is 11.8 Å². The molecule has 1 N–H and O–H groups in total. The van der Waals surface area contributed by atoms with Gasteiger partial charge in [-0.05, 0) is 37.7 Å². The molecule has 0 radical (unpaired) electrons. The third-order valence-corrected chi connectivity index (χ3v) is 10.2. The first kappa shape index (κ1) is 28.0. The molecule has 4 aliphatic rings. The van der Waals surface area contributed by atoms with Crippen molar-refractivity contribution < 1.29 is 24.2 Å². The van der Waals surface area contributed by atoms with E-state index in [0.717, 1.165) is 12.0 Å². The van der Waals surface area contributed by atoms with Gasteiger partial charge in [-0.15, -0.1) is 11.8 Å². The van der Waals surface area contributed by atoms with Crippen molar-refractivity contribution in [2.45, 2.75) is 75.1 Å². The zero-order valence-corrected chi connectivity index (χ0v) is 24.3. The van der Waals surface area contributed by atoms with Crippen molar-refractivity contribution in [1.82, 2.24) is 9.80 Å². The van der Waals surface area contributed by atoms with Crippen LogP contribution in [0.25, 0.3) is 0 Å². The normalized spacial score (nSPS) is 31.4. The Morgan fingerprint density at radius 1 is 1.08 bits per heavy atom. The molecule has 0 saturated carbocycles. The van der Waals surface area contributed by atoms with E-state index < -0.39 is 40.2 Å². The Bertz CT molecular complexity index is 1190. The van der Waals surface area contributed by atoms with Crippen molar-refractivity contribution >= 4 is 29.5 Å². The largest absolute Gasteiger partial charge is 0.461 e. The van der Waals surface area contributed by atoms with Crippen LogP contribution in [-0.4, -0.2) is 80.1 Å². The maximum absolute atomic E-state index is 14.7. The number of hydrogen-bond donors (Lipinski definition) is 1. The van der Waals surface area contributed by atoms with Crippen LogP contribution in [-0.2, 0) is 25.5 Å². The van der Waals surface area contributed by atoms with Gasteiger partial charge in [-0.1, -0.05) is 75.4 Å². The number of fused-ring (bicyclic) bond motifs is 2. The van der Waals surface area contributed by atoms with Crippen molar-refractivity contribution in [2.24, 2.45) is 17.3 Å². The number of amides is 2. The molecule has 2 saturated heterocycles. The van der Waals surface area contributed by atoms with E-state index in [9.17, 15) is 19.5 Å². The zero-order chi connectivity index (χ0) is 28.2. The van der Waals surface area contributed by atoms with Gasteiger partial charge in [0.15, 0.2) is 0 Å². The number of aliphatic hydroxyl groups excluding tert-OH is 1. The van der Waals surface area contributed by atoms with Crippen LogP contribution in [0.15, 0.2) is 54.6 Å². The third-order valence-electron chi connectivity index (χ3n) is 8.46. The highest BCUT2D eigenvalue weighted by Gasteiger charge is 2.72. The number of carbonyl (C=O) groups is 3. The molecule has 6 atom stereocenters. The van der Waals surface area contributed by atoms with Crippen LogP contribution in [0.1, 0.15) is 46.6 Å². The summed E-state index contributed by atoms with van der Waals surface area (Å²) in [5.41, 5.74) is 0.480. The predicted molar refractivity (Wildman–Crippen MR) is 152 cm³/mol. The summed E-state index contributed by atoms with van der Waals surface area (Å²) in [7, 11) is 0. The fraction of sp³-hybridized carbons (Fsp3) is 0.581. The topological polar surface area (TPSA) is 87.2 Å². The van der Waals surface area contributed by atoms with Gasteiger partial charge in [0.1, 0.15) is 12.6 Å². The molecule has 0 aliphatic carbocycles. The van der Waals surface area contributed by atoms with Gasteiger partial charge >= 0.3 is 5.97 Å². The number of nitrogens with zero attached hydrogens (tertiary/aromatic N) is 2. The number of thioether (sulfide) groups is 1. The molecule has 0 bridgehead atoms. The highest BCUT2D eigenvalue weighted by atomic mass is 32.2. The lowest BCUT2D eigenvalue weighted by Gasteiger charge is -2.45. The number of esters is 1. The molecule has 4 heterocycles. The lowest BCUT2D eigenvalue weighted by Crippen LogP contribution is -2.60. The lowest BCUT2D eigenvalue weighted by atomic mass is 9.78. The number of benzene rings is 1. The summed E-state index contributed by atoms with van der Waals surface area (Å²) in [6.45, 7) is 11.0. The van der Waals surface area contributed by atoms with Crippen LogP contribution < -0.4 is 0 Å². The van der Waals surface area contributed by atoms with E-state index in [1.807, 2.05) is 59.5 Å². The Morgan fingerprint density at radius 3 is 2.46 bits per heavy atom. The fourth-order valence-corrected chi connectivity index (χ4v) is 9.36. The first-order chi connectivity index (χ1) is 18.4. The van der Waals surface area contributed by atoms with Crippen LogP contribution >= 0.6 is 11.8 Å². The fourth-order valence-electron chi connectivity index (χ4n) is 7.38. The minimum absolute atomic E-state index is 0.0179. The summed E-state index contributed by atoms with van der Waals surface area (Å²) >= 11 is 1.53. The molecule has 5 rings (SSSR count). The van der Waals surface area contributed by atoms with E-state index in [4.69, 9.17) is 4.74 Å². The Kier molecular flexibility index (Phi) is 7.25. The average Bonchev–Trinajstić information content (AvgIpc) is 3.16. The Balaban J connectivity index is 1.62. The Labute approximate surface area is 235 Å². The van der Waals surface area contributed by atoms with Gasteiger partial charge in [0.2, 0.25) is 11.8 Å². The summed E-state index contributed by atoms with van der Waals surface area (Å²) < 4.78 is 4.55. The van der Waals surface area contributed by atoms with Gasteiger partial charge in [0.05, 0.1) is 29.2 Å². The third kappa shape index (κ3) is 4.84. The lowest BCUT2D eigenvalue weighted by molar-refractivity contribution is -0.152. The number of cyclic esters (lactones) is 1. The van der Waals surface area contributed by atoms with Crippen LogP contribution in [0, 0.1) is 17.3 Å². The SMILES string of the molecule is CC(C)(C)CC(C)(C)N1CC=C[C@]23S[C@H]4C=CCOC(=O)[C@H]4[C@H]2C(=O)N([C@@H](CO)Cc2ccccc2)C3C1=O. The molecule has 1 spiro atoms. The van der Waals surface area contributed by atoms with Gasteiger partial charge in [0, 0.05) is 17.3 Å². The second kappa shape index (κ2) is 10.1. The number of likely N-dealkylation sites (tertiary alicyclic amines) is 1. The highest BCUT2D eigenvalue weighted by Crippen LogP contribution is 2.61. The van der Waals surface area contributed by atoms with E-state index in [1.54, 1.807) is 4.90 Å². The zero-order valence-electron chi connectivity index (χ0n) is 23.5. The number of carbonyl (C=O) groups excluding carboxylic acids is 3. The maximum Gasteiger partial charge on any atom is 0.311 e. The number of aliphatic hydroxyl groups is 1. The first-order valence-electron chi connectivity index (χ1n) is 13.9. The minimum atomic E-state index is -0.930. The molecule has 2 fully saturated rings. The smallest absolute Gasteiger partial charge is 0.311 e. The molecule has 1 aromatic rings. The summed E-state index contributed by atoms with van der Waals surface area (Å²) in [6.07, 6.45) is 9.00.